The summed E-state index contributed by atoms with van der Waals surface area (Å²) in [4.78, 5) is 20.8. The van der Waals surface area contributed by atoms with Crippen LogP contribution in [-0.4, -0.2) is 56.0 Å². The molecule has 9 nitrogen and oxygen atoms in total. The number of aryl methyl sites for hydroxylation is 2. The number of halogens is 2. The van der Waals surface area contributed by atoms with Crippen LogP contribution in [0.25, 0.3) is 22.4 Å². The molecule has 0 unspecified atom stereocenters. The minimum atomic E-state index is -0.484. The first kappa shape index (κ1) is 23.5. The topological polar surface area (TPSA) is 91.1 Å². The second kappa shape index (κ2) is 9.44. The van der Waals surface area contributed by atoms with E-state index >= 15 is 0 Å². The molecule has 4 aromatic rings. The number of aromatic nitrogens is 6. The molecule has 1 aliphatic heterocycles. The summed E-state index contributed by atoms with van der Waals surface area (Å²) in [6.45, 7) is 7.14. The van der Waals surface area contributed by atoms with Crippen LogP contribution >= 0.6 is 11.6 Å². The summed E-state index contributed by atoms with van der Waals surface area (Å²) in [5.41, 5.74) is 3.93. The van der Waals surface area contributed by atoms with Gasteiger partial charge in [-0.15, -0.1) is 0 Å². The third kappa shape index (κ3) is 4.69. The zero-order valence-corrected chi connectivity index (χ0v) is 20.6. The molecule has 4 heterocycles. The van der Waals surface area contributed by atoms with E-state index in [4.69, 9.17) is 31.0 Å². The van der Waals surface area contributed by atoms with E-state index in [9.17, 15) is 4.39 Å². The van der Waals surface area contributed by atoms with Crippen molar-refractivity contribution in [2.75, 3.05) is 25.1 Å². The number of ether oxygens (including phenoxy) is 2. The van der Waals surface area contributed by atoms with E-state index in [1.807, 2.05) is 31.9 Å². The quantitative estimate of drug-likeness (QED) is 0.404. The molecule has 3 aromatic heterocycles. The van der Waals surface area contributed by atoms with Gasteiger partial charge in [0.1, 0.15) is 29.9 Å². The zero-order valence-electron chi connectivity index (χ0n) is 19.9. The predicted octanol–water partition coefficient (Wildman–Crippen LogP) is 4.26. The average molecular weight is 498 g/mol. The highest BCUT2D eigenvalue weighted by molar-refractivity contribution is 6.30. The van der Waals surface area contributed by atoms with Gasteiger partial charge in [0.05, 0.1) is 30.2 Å². The lowest BCUT2D eigenvalue weighted by molar-refractivity contribution is -0.0179. The van der Waals surface area contributed by atoms with E-state index in [-0.39, 0.29) is 12.2 Å². The first-order valence-electron chi connectivity index (χ1n) is 11.2. The van der Waals surface area contributed by atoms with Gasteiger partial charge in [-0.1, -0.05) is 11.6 Å². The van der Waals surface area contributed by atoms with Gasteiger partial charge in [0, 0.05) is 36.0 Å². The smallest absolute Gasteiger partial charge is 0.228 e. The summed E-state index contributed by atoms with van der Waals surface area (Å²) >= 11 is 6.00. The molecule has 1 aliphatic rings. The third-order valence-electron chi connectivity index (χ3n) is 5.95. The van der Waals surface area contributed by atoms with Crippen molar-refractivity contribution >= 4 is 28.7 Å². The van der Waals surface area contributed by atoms with Crippen molar-refractivity contribution in [2.45, 2.75) is 39.7 Å². The van der Waals surface area contributed by atoms with Crippen molar-refractivity contribution in [3.63, 3.8) is 0 Å². The molecule has 0 saturated carbocycles. The molecule has 182 valence electrons. The second-order valence-corrected chi connectivity index (χ2v) is 9.07. The van der Waals surface area contributed by atoms with Crippen LogP contribution in [0, 0.1) is 19.7 Å². The Labute approximate surface area is 206 Å². The van der Waals surface area contributed by atoms with Crippen LogP contribution in [0.2, 0.25) is 5.02 Å². The molecule has 0 N–H and O–H groups in total. The third-order valence-corrected chi connectivity index (χ3v) is 6.18. The molecule has 0 aliphatic carbocycles. The fraction of sp³-hybridized carbons (Fsp3) is 0.375. The van der Waals surface area contributed by atoms with Crippen LogP contribution in [0.5, 0.6) is 0 Å². The molecule has 0 amide bonds. The van der Waals surface area contributed by atoms with E-state index in [1.54, 1.807) is 30.1 Å². The maximum absolute atomic E-state index is 15.0. The van der Waals surface area contributed by atoms with Gasteiger partial charge in [-0.25, -0.2) is 24.0 Å². The Bertz CT molecular complexity index is 1400. The number of morpholine rings is 1. The number of rotatable bonds is 5. The maximum atomic E-state index is 15.0. The molecule has 0 radical (unpaired) electrons. The van der Waals surface area contributed by atoms with Gasteiger partial charge in [0.25, 0.3) is 0 Å². The molecular formula is C24H25ClFN7O2. The maximum Gasteiger partial charge on any atom is 0.228 e. The summed E-state index contributed by atoms with van der Waals surface area (Å²) in [5, 5.41) is 4.63. The van der Waals surface area contributed by atoms with E-state index in [0.717, 1.165) is 17.0 Å². The highest BCUT2D eigenvalue weighted by Crippen LogP contribution is 2.32. The average Bonchev–Trinajstić information content (AvgIpc) is 3.28. The van der Waals surface area contributed by atoms with Gasteiger partial charge in [-0.3, -0.25) is 0 Å². The Morgan fingerprint density at radius 1 is 1.14 bits per heavy atom. The van der Waals surface area contributed by atoms with Gasteiger partial charge >= 0.3 is 0 Å². The second-order valence-electron chi connectivity index (χ2n) is 8.63. The fourth-order valence-corrected chi connectivity index (χ4v) is 4.32. The number of hydrogen-bond donors (Lipinski definition) is 0. The minimum Gasteiger partial charge on any atom is -0.367 e. The number of methoxy groups -OCH3 is 1. The molecular weight excluding hydrogens is 473 g/mol. The lowest BCUT2D eigenvalue weighted by Gasteiger charge is -2.36. The molecule has 1 fully saturated rings. The van der Waals surface area contributed by atoms with E-state index in [1.165, 1.54) is 6.07 Å². The SMILES string of the molecule is COCn1cc([C@H]2CN(c3nc(-c4ccc(Cl)cc4F)c4nc(C)c(C)nc4n3)C[C@@H](C)O2)cn1. The lowest BCUT2D eigenvalue weighted by Crippen LogP contribution is -2.43. The Morgan fingerprint density at radius 2 is 1.94 bits per heavy atom. The van der Waals surface area contributed by atoms with Crippen LogP contribution < -0.4 is 4.90 Å². The number of hydrogen-bond acceptors (Lipinski definition) is 8. The summed E-state index contributed by atoms with van der Waals surface area (Å²) in [6, 6.07) is 4.51. The van der Waals surface area contributed by atoms with Gasteiger partial charge in [-0.05, 0) is 39.0 Å². The standard InChI is InChI=1S/C24H25ClFN7O2/c1-13-9-32(11-20(35-13)16-8-27-33(10-16)12-34-4)24-30-21(18-6-5-17(25)7-19(18)26)22-23(31-24)29-15(3)14(2)28-22/h5-8,10,13,20H,9,11-12H2,1-4H3/t13-,20-/m1/s1. The van der Waals surface area contributed by atoms with Crippen LogP contribution in [0.4, 0.5) is 10.3 Å². The molecule has 35 heavy (non-hydrogen) atoms. The summed E-state index contributed by atoms with van der Waals surface area (Å²) in [6.07, 6.45) is 3.33. The lowest BCUT2D eigenvalue weighted by atomic mass is 10.1. The van der Waals surface area contributed by atoms with Gasteiger partial charge in [0.2, 0.25) is 5.95 Å². The molecule has 1 aromatic carbocycles. The van der Waals surface area contributed by atoms with Gasteiger partial charge < -0.3 is 14.4 Å². The van der Waals surface area contributed by atoms with Crippen molar-refractivity contribution in [2.24, 2.45) is 0 Å². The number of benzene rings is 1. The first-order chi connectivity index (χ1) is 16.8. The fourth-order valence-electron chi connectivity index (χ4n) is 4.16. The van der Waals surface area contributed by atoms with E-state index in [2.05, 4.69) is 15.1 Å². The molecule has 5 rings (SSSR count). The molecule has 11 heteroatoms. The van der Waals surface area contributed by atoms with Crippen molar-refractivity contribution < 1.29 is 13.9 Å². The monoisotopic (exact) mass is 497 g/mol. The number of fused-ring (bicyclic) bond motifs is 1. The van der Waals surface area contributed by atoms with Crippen molar-refractivity contribution in [1.82, 2.24) is 29.7 Å². The molecule has 2 atom stereocenters. The Balaban J connectivity index is 1.59. The summed E-state index contributed by atoms with van der Waals surface area (Å²) in [7, 11) is 1.62. The minimum absolute atomic E-state index is 0.0969. The van der Waals surface area contributed by atoms with E-state index in [0.29, 0.717) is 53.2 Å². The summed E-state index contributed by atoms with van der Waals surface area (Å²) < 4.78 is 28.0. The Kier molecular flexibility index (Phi) is 6.35. The molecule has 0 spiro atoms. The highest BCUT2D eigenvalue weighted by atomic mass is 35.5. The summed E-state index contributed by atoms with van der Waals surface area (Å²) in [5.74, 6) is -0.0499. The van der Waals surface area contributed by atoms with Crippen molar-refractivity contribution in [3.8, 4) is 11.3 Å². The van der Waals surface area contributed by atoms with Crippen LogP contribution in [0.15, 0.2) is 30.6 Å². The largest absolute Gasteiger partial charge is 0.367 e. The Morgan fingerprint density at radius 3 is 2.71 bits per heavy atom. The van der Waals surface area contributed by atoms with Crippen LogP contribution in [-0.2, 0) is 16.2 Å². The van der Waals surface area contributed by atoms with Crippen LogP contribution in [0.3, 0.4) is 0 Å². The zero-order chi connectivity index (χ0) is 24.7. The molecule has 1 saturated heterocycles. The Hall–Kier alpha value is -3.21. The van der Waals surface area contributed by atoms with Crippen molar-refractivity contribution in [1.29, 1.82) is 0 Å². The van der Waals surface area contributed by atoms with Gasteiger partial charge in [-0.2, -0.15) is 10.1 Å². The number of nitrogens with zero attached hydrogens (tertiary/aromatic N) is 7. The predicted molar refractivity (Wildman–Crippen MR) is 130 cm³/mol. The number of anilines is 1. The highest BCUT2D eigenvalue weighted by Gasteiger charge is 2.30. The van der Waals surface area contributed by atoms with Crippen molar-refractivity contribution in [3.05, 3.63) is 58.4 Å². The first-order valence-corrected chi connectivity index (χ1v) is 11.6. The van der Waals surface area contributed by atoms with E-state index < -0.39 is 5.82 Å². The molecule has 0 bridgehead atoms. The van der Waals surface area contributed by atoms with Crippen LogP contribution in [0.1, 0.15) is 30.0 Å². The normalized spacial score (nSPS) is 18.4. The van der Waals surface area contributed by atoms with Gasteiger partial charge in [0.15, 0.2) is 5.65 Å².